The number of halogens is 3. The summed E-state index contributed by atoms with van der Waals surface area (Å²) in [6.45, 7) is 3.70. The van der Waals surface area contributed by atoms with Crippen molar-refractivity contribution < 1.29 is 26.1 Å². The fourth-order valence-corrected chi connectivity index (χ4v) is 4.35. The van der Waals surface area contributed by atoms with E-state index in [9.17, 15) is 21.6 Å². The zero-order valence-corrected chi connectivity index (χ0v) is 16.8. The molecule has 0 atom stereocenters. The van der Waals surface area contributed by atoms with Gasteiger partial charge in [-0.25, -0.2) is 8.42 Å². The van der Waals surface area contributed by atoms with Crippen LogP contribution in [0, 0.1) is 6.92 Å². The fourth-order valence-electron chi connectivity index (χ4n) is 2.83. The lowest BCUT2D eigenvalue weighted by Gasteiger charge is -2.21. The molecule has 0 radical (unpaired) electrons. The SMILES string of the molecule is CCc1ccc(-c2cc(C(F)(F)F)on2)cc1S(=O)(=O)N(C)c1ccc(C)cc1. The molecule has 0 spiro atoms. The number of rotatable bonds is 5. The van der Waals surface area contributed by atoms with Crippen molar-refractivity contribution in [3.63, 3.8) is 0 Å². The van der Waals surface area contributed by atoms with Crippen molar-refractivity contribution in [3.8, 4) is 11.3 Å². The molecule has 0 N–H and O–H groups in total. The highest BCUT2D eigenvalue weighted by Crippen LogP contribution is 2.34. The number of hydrogen-bond donors (Lipinski definition) is 0. The molecule has 3 rings (SSSR count). The molecular formula is C20H19F3N2O3S. The molecule has 3 aromatic rings. The lowest BCUT2D eigenvalue weighted by molar-refractivity contribution is -0.155. The van der Waals surface area contributed by atoms with E-state index in [1.54, 1.807) is 37.3 Å². The minimum Gasteiger partial charge on any atom is -0.351 e. The molecule has 154 valence electrons. The van der Waals surface area contributed by atoms with Gasteiger partial charge in [0, 0.05) is 18.7 Å². The summed E-state index contributed by atoms with van der Waals surface area (Å²) in [7, 11) is -2.51. The topological polar surface area (TPSA) is 63.4 Å². The molecule has 0 unspecified atom stereocenters. The Labute approximate surface area is 166 Å². The predicted molar refractivity (Wildman–Crippen MR) is 103 cm³/mol. The monoisotopic (exact) mass is 424 g/mol. The van der Waals surface area contributed by atoms with E-state index in [2.05, 4.69) is 9.68 Å². The van der Waals surface area contributed by atoms with Crippen molar-refractivity contribution >= 4 is 15.7 Å². The Kier molecular flexibility index (Phi) is 5.44. The largest absolute Gasteiger partial charge is 0.452 e. The van der Waals surface area contributed by atoms with E-state index < -0.39 is 22.0 Å². The van der Waals surface area contributed by atoms with Crippen molar-refractivity contribution in [1.29, 1.82) is 0 Å². The average molecular weight is 424 g/mol. The smallest absolute Gasteiger partial charge is 0.351 e. The zero-order chi connectivity index (χ0) is 21.4. The zero-order valence-electron chi connectivity index (χ0n) is 16.0. The van der Waals surface area contributed by atoms with Crippen LogP contribution in [0.15, 0.2) is 57.9 Å². The second-order valence-electron chi connectivity index (χ2n) is 6.56. The molecule has 1 aromatic heterocycles. The van der Waals surface area contributed by atoms with Crippen LogP contribution in [0.4, 0.5) is 18.9 Å². The van der Waals surface area contributed by atoms with Crippen molar-refractivity contribution in [2.45, 2.75) is 31.3 Å². The number of sulfonamides is 1. The molecule has 0 saturated heterocycles. The highest BCUT2D eigenvalue weighted by atomic mass is 32.2. The molecule has 0 amide bonds. The summed E-state index contributed by atoms with van der Waals surface area (Å²) in [6.07, 6.45) is -4.24. The van der Waals surface area contributed by atoms with Gasteiger partial charge in [-0.3, -0.25) is 4.31 Å². The van der Waals surface area contributed by atoms with Crippen LogP contribution < -0.4 is 4.31 Å². The molecule has 0 aliphatic rings. The number of aryl methyl sites for hydroxylation is 2. The third-order valence-electron chi connectivity index (χ3n) is 4.57. The first-order valence-electron chi connectivity index (χ1n) is 8.77. The molecule has 1 heterocycles. The second-order valence-corrected chi connectivity index (χ2v) is 8.50. The fraction of sp³-hybridized carbons (Fsp3) is 0.250. The third-order valence-corrected chi connectivity index (χ3v) is 6.44. The van der Waals surface area contributed by atoms with E-state index in [0.29, 0.717) is 17.7 Å². The summed E-state index contributed by atoms with van der Waals surface area (Å²) in [5, 5.41) is 3.44. The van der Waals surface area contributed by atoms with E-state index in [0.717, 1.165) is 15.9 Å². The number of anilines is 1. The Morgan fingerprint density at radius 1 is 1.07 bits per heavy atom. The van der Waals surface area contributed by atoms with Crippen LogP contribution in [0.5, 0.6) is 0 Å². The van der Waals surface area contributed by atoms with Crippen LogP contribution in [0.2, 0.25) is 0 Å². The van der Waals surface area contributed by atoms with Crippen LogP contribution in [-0.2, 0) is 22.6 Å². The summed E-state index contributed by atoms with van der Waals surface area (Å²) in [5.74, 6) is -1.24. The number of aromatic nitrogens is 1. The number of alkyl halides is 3. The minimum absolute atomic E-state index is 0.0112. The van der Waals surface area contributed by atoms with Crippen LogP contribution >= 0.6 is 0 Å². The van der Waals surface area contributed by atoms with Gasteiger partial charge >= 0.3 is 6.18 Å². The van der Waals surface area contributed by atoms with Gasteiger partial charge in [-0.2, -0.15) is 13.2 Å². The van der Waals surface area contributed by atoms with Gasteiger partial charge in [0.15, 0.2) is 0 Å². The Balaban J connectivity index is 2.07. The molecule has 0 bridgehead atoms. The molecule has 9 heteroatoms. The van der Waals surface area contributed by atoms with E-state index in [1.807, 2.05) is 6.92 Å². The first-order valence-corrected chi connectivity index (χ1v) is 10.2. The Morgan fingerprint density at radius 3 is 2.28 bits per heavy atom. The van der Waals surface area contributed by atoms with E-state index in [1.165, 1.54) is 19.2 Å². The van der Waals surface area contributed by atoms with E-state index in [-0.39, 0.29) is 16.2 Å². The highest BCUT2D eigenvalue weighted by molar-refractivity contribution is 7.92. The van der Waals surface area contributed by atoms with Gasteiger partial charge in [-0.15, -0.1) is 0 Å². The number of hydrogen-bond acceptors (Lipinski definition) is 4. The molecule has 0 aliphatic carbocycles. The van der Waals surface area contributed by atoms with Crippen LogP contribution in [0.25, 0.3) is 11.3 Å². The van der Waals surface area contributed by atoms with E-state index >= 15 is 0 Å². The van der Waals surface area contributed by atoms with Gasteiger partial charge in [0.2, 0.25) is 5.76 Å². The number of nitrogens with zero attached hydrogens (tertiary/aromatic N) is 2. The van der Waals surface area contributed by atoms with Crippen molar-refractivity contribution in [2.24, 2.45) is 0 Å². The minimum atomic E-state index is -4.67. The van der Waals surface area contributed by atoms with Crippen molar-refractivity contribution in [2.75, 3.05) is 11.4 Å². The molecule has 5 nitrogen and oxygen atoms in total. The lowest BCUT2D eigenvalue weighted by Crippen LogP contribution is -2.27. The Morgan fingerprint density at radius 2 is 1.72 bits per heavy atom. The normalized spacial score (nSPS) is 12.2. The summed E-state index contributed by atoms with van der Waals surface area (Å²) < 4.78 is 70.4. The molecule has 29 heavy (non-hydrogen) atoms. The average Bonchev–Trinajstić information content (AvgIpc) is 3.18. The number of benzene rings is 2. The van der Waals surface area contributed by atoms with Gasteiger partial charge in [0.1, 0.15) is 5.69 Å². The molecular weight excluding hydrogens is 405 g/mol. The predicted octanol–water partition coefficient (Wildman–Crippen LogP) is 5.06. The van der Waals surface area contributed by atoms with Crippen LogP contribution in [-0.4, -0.2) is 20.6 Å². The molecule has 0 aliphatic heterocycles. The Bertz CT molecular complexity index is 1120. The Hall–Kier alpha value is -2.81. The van der Waals surface area contributed by atoms with Crippen LogP contribution in [0.3, 0.4) is 0 Å². The van der Waals surface area contributed by atoms with Crippen molar-refractivity contribution in [3.05, 3.63) is 65.4 Å². The third kappa shape index (κ3) is 4.14. The highest BCUT2D eigenvalue weighted by Gasteiger charge is 2.36. The second kappa shape index (κ2) is 7.55. The van der Waals surface area contributed by atoms with Gasteiger partial charge in [0.25, 0.3) is 10.0 Å². The maximum atomic E-state index is 13.2. The lowest BCUT2D eigenvalue weighted by atomic mass is 10.1. The standard InChI is InChI=1S/C20H19F3N2O3S/c1-4-14-7-8-15(17-12-19(28-24-17)20(21,22)23)11-18(14)29(26,27)25(3)16-9-5-13(2)6-10-16/h5-12H,4H2,1-3H3. The van der Waals surface area contributed by atoms with Crippen molar-refractivity contribution in [1.82, 2.24) is 5.16 Å². The summed E-state index contributed by atoms with van der Waals surface area (Å²) in [6, 6.07) is 12.2. The first kappa shape index (κ1) is 20.9. The van der Waals surface area contributed by atoms with Gasteiger partial charge < -0.3 is 4.52 Å². The van der Waals surface area contributed by atoms with E-state index in [4.69, 9.17) is 0 Å². The van der Waals surface area contributed by atoms with Gasteiger partial charge in [0.05, 0.1) is 10.6 Å². The maximum Gasteiger partial charge on any atom is 0.452 e. The van der Waals surface area contributed by atoms with Gasteiger partial charge in [-0.05, 0) is 37.1 Å². The summed E-state index contributed by atoms with van der Waals surface area (Å²) in [5.41, 5.74) is 2.14. The molecule has 2 aromatic carbocycles. The molecule has 0 fully saturated rings. The first-order chi connectivity index (χ1) is 13.5. The van der Waals surface area contributed by atoms with Gasteiger partial charge in [-0.1, -0.05) is 41.9 Å². The quantitative estimate of drug-likeness (QED) is 0.575. The molecule has 0 saturated carbocycles. The summed E-state index contributed by atoms with van der Waals surface area (Å²) >= 11 is 0. The van der Waals surface area contributed by atoms with Crippen LogP contribution in [0.1, 0.15) is 23.8 Å². The summed E-state index contributed by atoms with van der Waals surface area (Å²) in [4.78, 5) is 0.0112. The maximum absolute atomic E-state index is 13.2.